The maximum absolute atomic E-state index is 2.43. The largest absolute Gasteiger partial charge is 0.134 e. The van der Waals surface area contributed by atoms with E-state index in [1.807, 2.05) is 11.3 Å². The number of hydrogen-bond acceptors (Lipinski definition) is 1. The molecule has 0 radical (unpaired) electrons. The summed E-state index contributed by atoms with van der Waals surface area (Å²) >= 11 is 2.02. The summed E-state index contributed by atoms with van der Waals surface area (Å²) in [5.74, 6) is 0. The molecule has 0 fully saturated rings. The van der Waals surface area contributed by atoms with Crippen LogP contribution in [0, 0.1) is 0 Å². The molecule has 5 aromatic carbocycles. The Morgan fingerprint density at radius 3 is 1.68 bits per heavy atom. The summed E-state index contributed by atoms with van der Waals surface area (Å²) in [5, 5.41) is 2.80. The second-order valence-electron chi connectivity index (χ2n) is 11.8. The molecule has 1 heteroatoms. The van der Waals surface area contributed by atoms with Crippen molar-refractivity contribution in [2.45, 2.75) is 38.5 Å². The Kier molecular flexibility index (Phi) is 4.05. The van der Waals surface area contributed by atoms with Crippen molar-refractivity contribution in [3.05, 3.63) is 119 Å². The first-order chi connectivity index (χ1) is 17.9. The number of hydrogen-bond donors (Lipinski definition) is 0. The highest BCUT2D eigenvalue weighted by atomic mass is 32.1. The first kappa shape index (κ1) is 21.4. The Bertz CT molecular complexity index is 1910. The lowest BCUT2D eigenvalue weighted by Crippen LogP contribution is -2.15. The fourth-order valence-corrected chi connectivity index (χ4v) is 8.95. The molecule has 0 amide bonds. The maximum atomic E-state index is 2.43. The van der Waals surface area contributed by atoms with E-state index < -0.39 is 0 Å². The van der Waals surface area contributed by atoms with Gasteiger partial charge in [0.2, 0.25) is 0 Å². The summed E-state index contributed by atoms with van der Waals surface area (Å²) in [6.07, 6.45) is 0. The number of fused-ring (bicyclic) bond motifs is 11. The van der Waals surface area contributed by atoms with E-state index >= 15 is 0 Å². The second kappa shape index (κ2) is 7.00. The molecule has 0 bridgehead atoms. The zero-order chi connectivity index (χ0) is 25.1. The Morgan fingerprint density at radius 1 is 0.459 bits per heavy atom. The molecular weight excluding hydrogens is 464 g/mol. The molecule has 0 spiro atoms. The van der Waals surface area contributed by atoms with Gasteiger partial charge >= 0.3 is 0 Å². The molecule has 6 aromatic rings. The van der Waals surface area contributed by atoms with Crippen molar-refractivity contribution in [2.24, 2.45) is 0 Å². The molecule has 37 heavy (non-hydrogen) atoms. The fourth-order valence-electron chi connectivity index (χ4n) is 7.23. The van der Waals surface area contributed by atoms with Gasteiger partial charge in [0.05, 0.1) is 0 Å². The summed E-state index contributed by atoms with van der Waals surface area (Å²) in [5.41, 5.74) is 14.0. The van der Waals surface area contributed by atoms with Crippen LogP contribution in [0.1, 0.15) is 49.9 Å². The van der Waals surface area contributed by atoms with Crippen LogP contribution in [0.25, 0.3) is 53.6 Å². The van der Waals surface area contributed by atoms with Crippen LogP contribution in [0.5, 0.6) is 0 Å². The summed E-state index contributed by atoms with van der Waals surface area (Å²) in [7, 11) is 0. The number of rotatable bonds is 1. The molecule has 1 heterocycles. The van der Waals surface area contributed by atoms with Crippen molar-refractivity contribution in [3.63, 3.8) is 0 Å². The quantitative estimate of drug-likeness (QED) is 0.214. The minimum absolute atomic E-state index is 0.00144. The second-order valence-corrected chi connectivity index (χ2v) is 12.8. The molecule has 1 aromatic heterocycles. The van der Waals surface area contributed by atoms with E-state index in [9.17, 15) is 0 Å². The predicted octanol–water partition coefficient (Wildman–Crippen LogP) is 10.3. The molecule has 0 saturated carbocycles. The Labute approximate surface area is 222 Å². The van der Waals surface area contributed by atoms with Gasteiger partial charge in [-0.2, -0.15) is 0 Å². The fraction of sp³-hybridized carbons (Fsp3) is 0.167. The van der Waals surface area contributed by atoms with E-state index in [-0.39, 0.29) is 10.8 Å². The summed E-state index contributed by atoms with van der Waals surface area (Å²) in [6.45, 7) is 9.63. The zero-order valence-electron chi connectivity index (χ0n) is 21.6. The SMILES string of the molecule is CC1(C)c2ccccc2-c2ccc3c(sc4c5c(ccc43)-c3ccc(-c4ccccc4)cc3C5(C)C)c21. The normalized spacial score (nSPS) is 16.0. The summed E-state index contributed by atoms with van der Waals surface area (Å²) in [6, 6.07) is 36.3. The van der Waals surface area contributed by atoms with Gasteiger partial charge in [-0.3, -0.25) is 0 Å². The van der Waals surface area contributed by atoms with Crippen LogP contribution in [0.2, 0.25) is 0 Å². The Morgan fingerprint density at radius 2 is 1.00 bits per heavy atom. The van der Waals surface area contributed by atoms with Crippen LogP contribution in [0.3, 0.4) is 0 Å². The zero-order valence-corrected chi connectivity index (χ0v) is 22.5. The van der Waals surface area contributed by atoms with Gasteiger partial charge in [-0.25, -0.2) is 0 Å². The van der Waals surface area contributed by atoms with Crippen molar-refractivity contribution in [3.8, 4) is 33.4 Å². The molecule has 2 aliphatic rings. The molecule has 178 valence electrons. The van der Waals surface area contributed by atoms with Gasteiger partial charge < -0.3 is 0 Å². The van der Waals surface area contributed by atoms with Crippen LogP contribution in [-0.2, 0) is 10.8 Å². The Balaban J connectivity index is 1.40. The van der Waals surface area contributed by atoms with Gasteiger partial charge in [-0.1, -0.05) is 119 Å². The minimum atomic E-state index is -0.0580. The molecule has 0 saturated heterocycles. The maximum Gasteiger partial charge on any atom is 0.0402 e. The molecule has 0 nitrogen and oxygen atoms in total. The van der Waals surface area contributed by atoms with E-state index in [1.165, 1.54) is 75.8 Å². The first-order valence-electron chi connectivity index (χ1n) is 13.2. The van der Waals surface area contributed by atoms with E-state index in [4.69, 9.17) is 0 Å². The van der Waals surface area contributed by atoms with Gasteiger partial charge in [0.25, 0.3) is 0 Å². The van der Waals surface area contributed by atoms with Crippen LogP contribution in [0.4, 0.5) is 0 Å². The highest BCUT2D eigenvalue weighted by Crippen LogP contribution is 2.57. The lowest BCUT2D eigenvalue weighted by atomic mass is 9.80. The third-order valence-corrected chi connectivity index (χ3v) is 10.3. The topological polar surface area (TPSA) is 0 Å². The Hall–Kier alpha value is -3.68. The smallest absolute Gasteiger partial charge is 0.0402 e. The minimum Gasteiger partial charge on any atom is -0.134 e. The average Bonchev–Trinajstić information content (AvgIpc) is 3.48. The predicted molar refractivity (Wildman–Crippen MR) is 160 cm³/mol. The van der Waals surface area contributed by atoms with Crippen molar-refractivity contribution in [2.75, 3.05) is 0 Å². The van der Waals surface area contributed by atoms with Crippen molar-refractivity contribution in [1.82, 2.24) is 0 Å². The van der Waals surface area contributed by atoms with Crippen molar-refractivity contribution >= 4 is 31.5 Å². The monoisotopic (exact) mass is 492 g/mol. The van der Waals surface area contributed by atoms with Crippen LogP contribution < -0.4 is 0 Å². The molecule has 0 atom stereocenters. The number of benzene rings is 5. The third kappa shape index (κ3) is 2.63. The van der Waals surface area contributed by atoms with E-state index in [2.05, 4.69) is 125 Å². The van der Waals surface area contributed by atoms with Crippen LogP contribution >= 0.6 is 11.3 Å². The van der Waals surface area contributed by atoms with Crippen LogP contribution in [0.15, 0.2) is 97.1 Å². The van der Waals surface area contributed by atoms with Gasteiger partial charge in [0.1, 0.15) is 0 Å². The van der Waals surface area contributed by atoms with E-state index in [0.717, 1.165) is 0 Å². The number of thiophene rings is 1. The van der Waals surface area contributed by atoms with Crippen LogP contribution in [-0.4, -0.2) is 0 Å². The summed E-state index contributed by atoms with van der Waals surface area (Å²) < 4.78 is 2.91. The molecular formula is C36H28S. The highest BCUT2D eigenvalue weighted by Gasteiger charge is 2.40. The summed E-state index contributed by atoms with van der Waals surface area (Å²) in [4.78, 5) is 0. The van der Waals surface area contributed by atoms with Gasteiger partial charge in [-0.15, -0.1) is 11.3 Å². The molecule has 0 N–H and O–H groups in total. The third-order valence-electron chi connectivity index (χ3n) is 9.04. The average molecular weight is 493 g/mol. The van der Waals surface area contributed by atoms with Crippen molar-refractivity contribution in [1.29, 1.82) is 0 Å². The van der Waals surface area contributed by atoms with Gasteiger partial charge in [0, 0.05) is 31.0 Å². The lowest BCUT2D eigenvalue weighted by molar-refractivity contribution is 0.667. The standard InChI is InChI=1S/C36H28S/c1-35(2)29-13-9-8-12-23(29)25-16-18-27-28-19-17-26-24-15-14-22(21-10-6-5-7-11-21)20-30(24)36(3,4)32(26)34(28)37-33(27)31(25)35/h5-20H,1-4H3. The molecule has 8 rings (SSSR count). The van der Waals surface area contributed by atoms with E-state index in [0.29, 0.717) is 0 Å². The highest BCUT2D eigenvalue weighted by molar-refractivity contribution is 7.26. The van der Waals surface area contributed by atoms with E-state index in [1.54, 1.807) is 0 Å². The lowest BCUT2D eigenvalue weighted by Gasteiger charge is -2.23. The molecule has 2 aliphatic carbocycles. The van der Waals surface area contributed by atoms with Gasteiger partial charge in [0.15, 0.2) is 0 Å². The molecule has 0 aliphatic heterocycles. The van der Waals surface area contributed by atoms with Crippen molar-refractivity contribution < 1.29 is 0 Å². The van der Waals surface area contributed by atoms with Gasteiger partial charge in [-0.05, 0) is 61.7 Å². The molecule has 0 unspecified atom stereocenters. The first-order valence-corrected chi connectivity index (χ1v) is 14.0.